The highest BCUT2D eigenvalue weighted by atomic mass is 35.5. The van der Waals surface area contributed by atoms with E-state index in [-0.39, 0.29) is 33.3 Å². The van der Waals surface area contributed by atoms with Crippen LogP contribution in [0, 0.1) is 0 Å². The van der Waals surface area contributed by atoms with Gasteiger partial charge in [-0.15, -0.1) is 0 Å². The zero-order valence-corrected chi connectivity index (χ0v) is 25.3. The Morgan fingerprint density at radius 2 is 1.71 bits per heavy atom. The molecular formula is C31H30ClF3N4O5S. The number of halogens is 4. The molecule has 1 saturated heterocycles. The van der Waals surface area contributed by atoms with Crippen molar-refractivity contribution in [1.29, 1.82) is 0 Å². The van der Waals surface area contributed by atoms with E-state index in [9.17, 15) is 31.8 Å². The van der Waals surface area contributed by atoms with Crippen molar-refractivity contribution >= 4 is 33.0 Å². The number of aliphatic hydroxyl groups excluding tert-OH is 1. The van der Waals surface area contributed by atoms with Gasteiger partial charge in [0.25, 0.3) is 10.0 Å². The lowest BCUT2D eigenvalue weighted by atomic mass is 10.0. The van der Waals surface area contributed by atoms with E-state index in [1.54, 1.807) is 36.4 Å². The molecule has 0 amide bonds. The first kappa shape index (κ1) is 32.4. The van der Waals surface area contributed by atoms with E-state index in [1.807, 2.05) is 12.1 Å². The highest BCUT2D eigenvalue weighted by Crippen LogP contribution is 2.35. The fourth-order valence-corrected chi connectivity index (χ4v) is 6.14. The van der Waals surface area contributed by atoms with Gasteiger partial charge < -0.3 is 25.2 Å². The SMILES string of the molecule is O=S(=O)(Nc1ccc(N2CCC(NCC(O)c3cccc(O)c3)CC2)cc1)c1ccc(Oc2ncc(C(F)(F)F)cc2Cl)cc1. The number of hydrogen-bond donors (Lipinski definition) is 4. The normalized spacial score (nSPS) is 15.1. The summed E-state index contributed by atoms with van der Waals surface area (Å²) in [5, 5.41) is 23.1. The van der Waals surface area contributed by atoms with Crippen molar-refractivity contribution in [3.8, 4) is 17.4 Å². The summed E-state index contributed by atoms with van der Waals surface area (Å²) in [5.41, 5.74) is 0.962. The maximum Gasteiger partial charge on any atom is 0.417 e. The number of aliphatic hydroxyl groups is 1. The number of aromatic hydroxyl groups is 1. The molecule has 14 heteroatoms. The smallest absolute Gasteiger partial charge is 0.417 e. The highest BCUT2D eigenvalue weighted by Gasteiger charge is 2.32. The first-order chi connectivity index (χ1) is 21.4. The first-order valence-corrected chi connectivity index (χ1v) is 15.8. The molecular weight excluding hydrogens is 633 g/mol. The third kappa shape index (κ3) is 8.37. The number of phenols is 1. The molecule has 1 aromatic heterocycles. The van der Waals surface area contributed by atoms with Crippen LogP contribution in [-0.4, -0.2) is 49.3 Å². The summed E-state index contributed by atoms with van der Waals surface area (Å²) >= 11 is 5.88. The second-order valence-electron chi connectivity index (χ2n) is 10.5. The topological polar surface area (TPSA) is 124 Å². The quantitative estimate of drug-likeness (QED) is 0.155. The van der Waals surface area contributed by atoms with Gasteiger partial charge in [0.15, 0.2) is 0 Å². The summed E-state index contributed by atoms with van der Waals surface area (Å²) < 4.78 is 72.4. The second kappa shape index (κ2) is 13.5. The summed E-state index contributed by atoms with van der Waals surface area (Å²) in [6.07, 6.45) is -3.00. The summed E-state index contributed by atoms with van der Waals surface area (Å²) in [6, 6.07) is 19.8. The zero-order valence-electron chi connectivity index (χ0n) is 23.7. The van der Waals surface area contributed by atoms with Crippen LogP contribution in [0.5, 0.6) is 17.4 Å². The van der Waals surface area contributed by atoms with Crippen molar-refractivity contribution < 1.29 is 36.5 Å². The van der Waals surface area contributed by atoms with Gasteiger partial charge in [-0.2, -0.15) is 13.2 Å². The molecule has 4 aromatic rings. The highest BCUT2D eigenvalue weighted by molar-refractivity contribution is 7.92. The third-order valence-corrected chi connectivity index (χ3v) is 8.99. The van der Waals surface area contributed by atoms with Gasteiger partial charge in [-0.3, -0.25) is 4.72 Å². The van der Waals surface area contributed by atoms with Crippen LogP contribution in [0.3, 0.4) is 0 Å². The van der Waals surface area contributed by atoms with Gasteiger partial charge in [0, 0.05) is 43.2 Å². The Labute approximate surface area is 263 Å². The largest absolute Gasteiger partial charge is 0.508 e. The van der Waals surface area contributed by atoms with E-state index in [2.05, 4.69) is 19.9 Å². The maximum atomic E-state index is 13.0. The molecule has 1 aliphatic heterocycles. The molecule has 2 heterocycles. The number of rotatable bonds is 10. The molecule has 5 rings (SSSR count). The van der Waals surface area contributed by atoms with Crippen LogP contribution in [0.2, 0.25) is 5.02 Å². The lowest BCUT2D eigenvalue weighted by Gasteiger charge is -2.34. The van der Waals surface area contributed by atoms with Gasteiger partial charge >= 0.3 is 6.18 Å². The molecule has 4 N–H and O–H groups in total. The van der Waals surface area contributed by atoms with E-state index >= 15 is 0 Å². The number of nitrogens with zero attached hydrogens (tertiary/aromatic N) is 2. The second-order valence-corrected chi connectivity index (χ2v) is 12.6. The molecule has 0 bridgehead atoms. The Morgan fingerprint density at radius 1 is 1.02 bits per heavy atom. The van der Waals surface area contributed by atoms with Crippen molar-refractivity contribution in [1.82, 2.24) is 10.3 Å². The molecule has 0 spiro atoms. The van der Waals surface area contributed by atoms with Gasteiger partial charge in [-0.25, -0.2) is 13.4 Å². The van der Waals surface area contributed by atoms with Crippen molar-refractivity contribution in [2.45, 2.75) is 36.1 Å². The van der Waals surface area contributed by atoms with Crippen LogP contribution in [0.15, 0.2) is 90.0 Å². The maximum absolute atomic E-state index is 13.0. The number of phenolic OH excluding ortho intramolecular Hbond substituents is 1. The summed E-state index contributed by atoms with van der Waals surface area (Å²) in [5.74, 6) is 0.00550. The molecule has 1 atom stereocenters. The van der Waals surface area contributed by atoms with Crippen LogP contribution in [0.25, 0.3) is 0 Å². The number of piperidine rings is 1. The average molecular weight is 663 g/mol. The first-order valence-electron chi connectivity index (χ1n) is 14.0. The van der Waals surface area contributed by atoms with Crippen molar-refractivity contribution in [3.63, 3.8) is 0 Å². The van der Waals surface area contributed by atoms with Crippen molar-refractivity contribution in [2.24, 2.45) is 0 Å². The Bertz CT molecular complexity index is 1720. The molecule has 0 aliphatic carbocycles. The Balaban J connectivity index is 1.12. The molecule has 238 valence electrons. The van der Waals surface area contributed by atoms with Gasteiger partial charge in [0.1, 0.15) is 16.5 Å². The van der Waals surface area contributed by atoms with E-state index in [0.717, 1.165) is 31.6 Å². The molecule has 0 saturated carbocycles. The van der Waals surface area contributed by atoms with E-state index in [4.69, 9.17) is 16.3 Å². The van der Waals surface area contributed by atoms with E-state index in [0.29, 0.717) is 30.1 Å². The van der Waals surface area contributed by atoms with Gasteiger partial charge in [0.05, 0.1) is 16.6 Å². The standard InChI is InChI=1S/C31H30ClF3N4O5S/c32-28-17-21(31(33,34)35)18-37-30(28)44-26-8-10-27(11-9-26)45(42,43)38-23-4-6-24(7-5-23)39-14-12-22(13-15-39)36-19-29(41)20-2-1-3-25(40)16-20/h1-11,16-18,22,29,36,38,40-41H,12-15,19H2. The fraction of sp³-hybridized carbons (Fsp3) is 0.258. The number of sulfonamides is 1. The number of aromatic nitrogens is 1. The predicted molar refractivity (Wildman–Crippen MR) is 164 cm³/mol. The Kier molecular flexibility index (Phi) is 9.73. The van der Waals surface area contributed by atoms with Crippen molar-refractivity contribution in [3.05, 3.63) is 101 Å². The molecule has 1 unspecified atom stereocenters. The summed E-state index contributed by atoms with van der Waals surface area (Å²) in [4.78, 5) is 5.77. The number of nitrogens with one attached hydrogen (secondary N) is 2. The molecule has 0 radical (unpaired) electrons. The number of pyridine rings is 1. The number of benzene rings is 3. The fourth-order valence-electron chi connectivity index (χ4n) is 4.88. The van der Waals surface area contributed by atoms with Crippen LogP contribution in [0.1, 0.15) is 30.1 Å². The minimum absolute atomic E-state index is 0.0471. The summed E-state index contributed by atoms with van der Waals surface area (Å²) in [6.45, 7) is 1.95. The minimum atomic E-state index is -4.60. The number of alkyl halides is 3. The number of ether oxygens (including phenoxy) is 1. The molecule has 1 fully saturated rings. The predicted octanol–water partition coefficient (Wildman–Crippen LogP) is 6.34. The van der Waals surface area contributed by atoms with Gasteiger partial charge in [-0.05, 0) is 85.1 Å². The van der Waals surface area contributed by atoms with Crippen LogP contribution in [-0.2, 0) is 16.2 Å². The molecule has 45 heavy (non-hydrogen) atoms. The average Bonchev–Trinajstić information content (AvgIpc) is 3.01. The van der Waals surface area contributed by atoms with E-state index < -0.39 is 27.9 Å². The Hall–Kier alpha value is -4.04. The lowest BCUT2D eigenvalue weighted by Crippen LogP contribution is -2.43. The Morgan fingerprint density at radius 3 is 2.33 bits per heavy atom. The molecule has 1 aliphatic rings. The number of hydrogen-bond acceptors (Lipinski definition) is 8. The van der Waals surface area contributed by atoms with Crippen molar-refractivity contribution in [2.75, 3.05) is 29.3 Å². The van der Waals surface area contributed by atoms with Gasteiger partial charge in [0.2, 0.25) is 5.88 Å². The van der Waals surface area contributed by atoms with Gasteiger partial charge in [-0.1, -0.05) is 23.7 Å². The number of anilines is 2. The molecule has 9 nitrogen and oxygen atoms in total. The molecule has 3 aromatic carbocycles. The lowest BCUT2D eigenvalue weighted by molar-refractivity contribution is -0.137. The van der Waals surface area contributed by atoms with Crippen LogP contribution >= 0.6 is 11.6 Å². The zero-order chi connectivity index (χ0) is 32.2. The van der Waals surface area contributed by atoms with E-state index in [1.165, 1.54) is 24.3 Å². The monoisotopic (exact) mass is 662 g/mol. The minimum Gasteiger partial charge on any atom is -0.508 e. The van der Waals surface area contributed by atoms with Crippen LogP contribution in [0.4, 0.5) is 24.5 Å². The third-order valence-electron chi connectivity index (χ3n) is 7.32. The summed E-state index contributed by atoms with van der Waals surface area (Å²) in [7, 11) is -3.94. The van der Waals surface area contributed by atoms with Crippen LogP contribution < -0.4 is 19.7 Å².